The van der Waals surface area contributed by atoms with Crippen LogP contribution in [0.25, 0.3) is 0 Å². The number of hydrogen-bond acceptors (Lipinski definition) is 0. The van der Waals surface area contributed by atoms with Crippen molar-refractivity contribution < 1.29 is 0 Å². The number of hydrogen-bond donors (Lipinski definition) is 0. The predicted molar refractivity (Wildman–Crippen MR) is 99.6 cm³/mol. The molecule has 2 aliphatic rings. The van der Waals surface area contributed by atoms with Crippen LogP contribution in [0.2, 0.25) is 0 Å². The van der Waals surface area contributed by atoms with E-state index in [0.717, 1.165) is 23.7 Å². The maximum Gasteiger partial charge on any atom is 0.0130 e. The molecule has 0 saturated heterocycles. The Hall–Kier alpha value is -0.0500. The Bertz CT molecular complexity index is 420. The number of rotatable bonds is 3. The molecule has 0 nitrogen and oxygen atoms in total. The molecule has 3 rings (SSSR count). The molecule has 21 heavy (non-hydrogen) atoms. The first-order valence-electron chi connectivity index (χ1n) is 9.01. The van der Waals surface area contributed by atoms with Gasteiger partial charge in [-0.1, -0.05) is 38.3 Å². The van der Waals surface area contributed by atoms with Crippen LogP contribution >= 0.6 is 22.6 Å². The molecule has 0 spiro atoms. The SMILES string of the molecule is CCC1CCC(C2CCC(c3ccc(I)cc3)CC2)CC1. The van der Waals surface area contributed by atoms with Crippen molar-refractivity contribution in [3.8, 4) is 0 Å². The first-order chi connectivity index (χ1) is 10.3. The van der Waals surface area contributed by atoms with Gasteiger partial charge < -0.3 is 0 Å². The first-order valence-corrected chi connectivity index (χ1v) is 10.1. The smallest absolute Gasteiger partial charge is 0.0130 e. The minimum Gasteiger partial charge on any atom is -0.0651 e. The summed E-state index contributed by atoms with van der Waals surface area (Å²) >= 11 is 2.40. The molecular formula is C20H29I. The average molecular weight is 396 g/mol. The van der Waals surface area contributed by atoms with Crippen molar-refractivity contribution in [2.75, 3.05) is 0 Å². The number of halogens is 1. The van der Waals surface area contributed by atoms with Gasteiger partial charge in [0.25, 0.3) is 0 Å². The lowest BCUT2D eigenvalue weighted by molar-refractivity contribution is 0.158. The Kier molecular flexibility index (Phi) is 5.64. The van der Waals surface area contributed by atoms with E-state index in [4.69, 9.17) is 0 Å². The van der Waals surface area contributed by atoms with Gasteiger partial charge in [-0.2, -0.15) is 0 Å². The van der Waals surface area contributed by atoms with E-state index < -0.39 is 0 Å². The van der Waals surface area contributed by atoms with Gasteiger partial charge in [-0.15, -0.1) is 0 Å². The minimum absolute atomic E-state index is 0.838. The van der Waals surface area contributed by atoms with Gasteiger partial charge >= 0.3 is 0 Å². The zero-order valence-electron chi connectivity index (χ0n) is 13.4. The van der Waals surface area contributed by atoms with Gasteiger partial charge in [-0.3, -0.25) is 0 Å². The average Bonchev–Trinajstić information content (AvgIpc) is 2.56. The fraction of sp³-hybridized carbons (Fsp3) is 0.700. The van der Waals surface area contributed by atoms with Crippen molar-refractivity contribution in [1.29, 1.82) is 0 Å². The van der Waals surface area contributed by atoms with Crippen molar-refractivity contribution in [1.82, 2.24) is 0 Å². The molecule has 1 heteroatoms. The van der Waals surface area contributed by atoms with Gasteiger partial charge in [0, 0.05) is 3.57 Å². The van der Waals surface area contributed by atoms with Crippen LogP contribution in [0.3, 0.4) is 0 Å². The van der Waals surface area contributed by atoms with Crippen molar-refractivity contribution in [3.05, 3.63) is 33.4 Å². The van der Waals surface area contributed by atoms with Gasteiger partial charge in [0.1, 0.15) is 0 Å². The largest absolute Gasteiger partial charge is 0.0651 e. The Balaban J connectivity index is 1.50. The van der Waals surface area contributed by atoms with Crippen LogP contribution in [0.15, 0.2) is 24.3 Å². The van der Waals surface area contributed by atoms with E-state index in [1.165, 1.54) is 61.4 Å². The summed E-state index contributed by atoms with van der Waals surface area (Å²) in [6, 6.07) is 9.26. The fourth-order valence-electron chi connectivity index (χ4n) is 4.73. The van der Waals surface area contributed by atoms with Crippen LogP contribution in [0.1, 0.15) is 76.2 Å². The molecule has 0 aromatic heterocycles. The Morgan fingerprint density at radius 1 is 0.810 bits per heavy atom. The molecule has 2 fully saturated rings. The Labute approximate surface area is 144 Å². The molecule has 0 amide bonds. The van der Waals surface area contributed by atoms with Crippen LogP contribution in [-0.2, 0) is 0 Å². The van der Waals surface area contributed by atoms with Crippen molar-refractivity contribution in [2.45, 2.75) is 70.6 Å². The summed E-state index contributed by atoms with van der Waals surface area (Å²) in [5.41, 5.74) is 1.59. The molecule has 0 radical (unpaired) electrons. The Morgan fingerprint density at radius 3 is 1.86 bits per heavy atom. The van der Waals surface area contributed by atoms with E-state index in [1.54, 1.807) is 5.56 Å². The lowest BCUT2D eigenvalue weighted by Gasteiger charge is -2.38. The van der Waals surface area contributed by atoms with E-state index >= 15 is 0 Å². The normalized spacial score (nSPS) is 33.8. The monoisotopic (exact) mass is 396 g/mol. The second-order valence-corrected chi connectivity index (χ2v) is 8.60. The second kappa shape index (κ2) is 7.48. The lowest BCUT2D eigenvalue weighted by Crippen LogP contribution is -2.25. The van der Waals surface area contributed by atoms with Crippen LogP contribution in [0, 0.1) is 21.3 Å². The summed E-state index contributed by atoms with van der Waals surface area (Å²) in [6.07, 6.45) is 13.3. The van der Waals surface area contributed by atoms with Crippen molar-refractivity contribution in [3.63, 3.8) is 0 Å². The predicted octanol–water partition coefficient (Wildman–Crippen LogP) is 6.78. The molecule has 0 bridgehead atoms. The molecule has 0 aliphatic heterocycles. The van der Waals surface area contributed by atoms with Gasteiger partial charge in [0.2, 0.25) is 0 Å². The third-order valence-corrected chi connectivity index (χ3v) is 6.97. The van der Waals surface area contributed by atoms with Crippen LogP contribution < -0.4 is 0 Å². The topological polar surface area (TPSA) is 0 Å². The van der Waals surface area contributed by atoms with Gasteiger partial charge in [0.05, 0.1) is 0 Å². The highest BCUT2D eigenvalue weighted by molar-refractivity contribution is 14.1. The fourth-order valence-corrected chi connectivity index (χ4v) is 5.09. The van der Waals surface area contributed by atoms with E-state index in [0.29, 0.717) is 0 Å². The minimum atomic E-state index is 0.838. The molecular weight excluding hydrogens is 367 g/mol. The molecule has 0 unspecified atom stereocenters. The Morgan fingerprint density at radius 2 is 1.33 bits per heavy atom. The van der Waals surface area contributed by atoms with Crippen molar-refractivity contribution in [2.24, 2.45) is 17.8 Å². The second-order valence-electron chi connectivity index (χ2n) is 7.35. The summed E-state index contributed by atoms with van der Waals surface area (Å²) in [5.74, 6) is 3.99. The van der Waals surface area contributed by atoms with Crippen LogP contribution in [-0.4, -0.2) is 0 Å². The summed E-state index contributed by atoms with van der Waals surface area (Å²) < 4.78 is 1.36. The van der Waals surface area contributed by atoms with E-state index in [1.807, 2.05) is 0 Å². The third-order valence-electron chi connectivity index (χ3n) is 6.25. The molecule has 116 valence electrons. The zero-order chi connectivity index (χ0) is 14.7. The molecule has 2 saturated carbocycles. The van der Waals surface area contributed by atoms with Gasteiger partial charge in [-0.05, 0) is 102 Å². The standard InChI is InChI=1S/C20H29I/c1-2-15-3-5-16(6-4-15)17-7-9-18(10-8-17)19-11-13-20(21)14-12-19/h11-18H,2-10H2,1H3. The quantitative estimate of drug-likeness (QED) is 0.494. The van der Waals surface area contributed by atoms with Crippen LogP contribution in [0.4, 0.5) is 0 Å². The summed E-state index contributed by atoms with van der Waals surface area (Å²) in [4.78, 5) is 0. The third kappa shape index (κ3) is 4.03. The van der Waals surface area contributed by atoms with Gasteiger partial charge in [-0.25, -0.2) is 0 Å². The molecule has 2 aliphatic carbocycles. The van der Waals surface area contributed by atoms with Crippen molar-refractivity contribution >= 4 is 22.6 Å². The zero-order valence-corrected chi connectivity index (χ0v) is 15.5. The lowest BCUT2D eigenvalue weighted by atomic mass is 9.68. The molecule has 0 N–H and O–H groups in total. The number of benzene rings is 1. The molecule has 1 aromatic rings. The van der Waals surface area contributed by atoms with E-state index in [9.17, 15) is 0 Å². The highest BCUT2D eigenvalue weighted by Crippen LogP contribution is 2.44. The maximum absolute atomic E-state index is 2.40. The highest BCUT2D eigenvalue weighted by Gasteiger charge is 2.30. The first kappa shape index (κ1) is 15.8. The summed E-state index contributed by atoms with van der Waals surface area (Å²) in [7, 11) is 0. The summed E-state index contributed by atoms with van der Waals surface area (Å²) in [6.45, 7) is 2.37. The molecule has 1 aromatic carbocycles. The molecule has 0 heterocycles. The summed E-state index contributed by atoms with van der Waals surface area (Å²) in [5, 5.41) is 0. The maximum atomic E-state index is 2.40. The van der Waals surface area contributed by atoms with E-state index in [-0.39, 0.29) is 0 Å². The molecule has 0 atom stereocenters. The van der Waals surface area contributed by atoms with E-state index in [2.05, 4.69) is 53.8 Å². The van der Waals surface area contributed by atoms with Gasteiger partial charge in [0.15, 0.2) is 0 Å². The highest BCUT2D eigenvalue weighted by atomic mass is 127. The van der Waals surface area contributed by atoms with Crippen LogP contribution in [0.5, 0.6) is 0 Å².